The van der Waals surface area contributed by atoms with Crippen LogP contribution in [0.15, 0.2) is 0 Å². The minimum Gasteiger partial charge on any atom is -0.382 e. The van der Waals surface area contributed by atoms with E-state index in [1.807, 2.05) is 0 Å². The van der Waals surface area contributed by atoms with Crippen molar-refractivity contribution < 1.29 is 0 Å². The summed E-state index contributed by atoms with van der Waals surface area (Å²) in [6.07, 6.45) is 4.78. The highest BCUT2D eigenvalue weighted by atomic mass is 15.2. The van der Waals surface area contributed by atoms with E-state index >= 15 is 0 Å². The summed E-state index contributed by atoms with van der Waals surface area (Å²) in [6.45, 7) is 4.48. The molecule has 1 aromatic rings. The normalized spacial score (nSPS) is 26.1. The smallest absolute Gasteiger partial charge is 0.148 e. The predicted octanol–water partition coefficient (Wildman–Crippen LogP) is 2.46. The van der Waals surface area contributed by atoms with Gasteiger partial charge in [-0.2, -0.15) is 5.10 Å². The van der Waals surface area contributed by atoms with Gasteiger partial charge in [-0.15, -0.1) is 0 Å². The molecule has 2 rings (SSSR count). The molecular weight excluding hydrogens is 174 g/mol. The van der Waals surface area contributed by atoms with Crippen LogP contribution in [0.4, 0.5) is 5.82 Å². The Labute approximate surface area is 85.1 Å². The highest BCUT2D eigenvalue weighted by Gasteiger charge is 2.30. The van der Waals surface area contributed by atoms with Crippen LogP contribution in [0.1, 0.15) is 50.3 Å². The lowest BCUT2D eigenvalue weighted by molar-refractivity contribution is 0.282. The molecule has 1 saturated carbocycles. The summed E-state index contributed by atoms with van der Waals surface area (Å²) in [5.41, 5.74) is 8.41. The zero-order chi connectivity index (χ0) is 10.1. The number of rotatable bonds is 3. The number of anilines is 1. The summed E-state index contributed by atoms with van der Waals surface area (Å²) in [4.78, 5) is 0. The van der Waals surface area contributed by atoms with E-state index in [-0.39, 0.29) is 0 Å². The molecule has 0 unspecified atom stereocenters. The molecule has 0 aliphatic heterocycles. The topological polar surface area (TPSA) is 54.7 Å². The number of hydrogen-bond donors (Lipinski definition) is 2. The molecule has 1 aliphatic carbocycles. The highest BCUT2D eigenvalue weighted by molar-refractivity contribution is 5.44. The van der Waals surface area contributed by atoms with Crippen LogP contribution in [0.5, 0.6) is 0 Å². The Kier molecular flexibility index (Phi) is 2.48. The van der Waals surface area contributed by atoms with E-state index in [0.29, 0.717) is 11.7 Å². The summed E-state index contributed by atoms with van der Waals surface area (Å²) in [6, 6.07) is 0. The molecule has 14 heavy (non-hydrogen) atoms. The SMILES string of the molecule is CCCc1c(N)n[nH]c1C1CC(C)C1. The van der Waals surface area contributed by atoms with Gasteiger partial charge in [-0.05, 0) is 25.2 Å². The maximum Gasteiger partial charge on any atom is 0.148 e. The Morgan fingerprint density at radius 3 is 2.79 bits per heavy atom. The van der Waals surface area contributed by atoms with E-state index in [0.717, 1.165) is 18.8 Å². The van der Waals surface area contributed by atoms with Crippen molar-refractivity contribution in [3.05, 3.63) is 11.3 Å². The van der Waals surface area contributed by atoms with Gasteiger partial charge in [-0.3, -0.25) is 5.10 Å². The number of nitrogens with two attached hydrogens (primary N) is 1. The molecule has 0 amide bonds. The Bertz CT molecular complexity index is 310. The molecule has 0 saturated heterocycles. The maximum absolute atomic E-state index is 5.84. The number of aromatic amines is 1. The third-order valence-electron chi connectivity index (χ3n) is 3.21. The van der Waals surface area contributed by atoms with Gasteiger partial charge in [0.2, 0.25) is 0 Å². The van der Waals surface area contributed by atoms with Crippen LogP contribution in [-0.2, 0) is 6.42 Å². The Morgan fingerprint density at radius 1 is 1.50 bits per heavy atom. The fourth-order valence-corrected chi connectivity index (χ4v) is 2.38. The molecule has 3 heteroatoms. The van der Waals surface area contributed by atoms with Crippen LogP contribution in [-0.4, -0.2) is 10.2 Å². The molecule has 1 fully saturated rings. The first-order chi connectivity index (χ1) is 6.72. The number of aromatic nitrogens is 2. The molecule has 1 aliphatic rings. The lowest BCUT2D eigenvalue weighted by Crippen LogP contribution is -2.20. The largest absolute Gasteiger partial charge is 0.382 e. The standard InChI is InChI=1S/C11H19N3/c1-3-4-9-10(13-14-11(9)12)8-5-7(2)6-8/h7-8H,3-6H2,1-2H3,(H3,12,13,14). The molecule has 0 bridgehead atoms. The van der Waals surface area contributed by atoms with E-state index in [9.17, 15) is 0 Å². The fourth-order valence-electron chi connectivity index (χ4n) is 2.38. The molecule has 0 spiro atoms. The fraction of sp³-hybridized carbons (Fsp3) is 0.727. The summed E-state index contributed by atoms with van der Waals surface area (Å²) in [7, 11) is 0. The summed E-state index contributed by atoms with van der Waals surface area (Å²) in [5, 5.41) is 7.22. The minimum absolute atomic E-state index is 0.691. The van der Waals surface area contributed by atoms with E-state index in [4.69, 9.17) is 5.73 Å². The number of H-pyrrole nitrogens is 1. The molecule has 3 nitrogen and oxygen atoms in total. The summed E-state index contributed by atoms with van der Waals surface area (Å²) in [5.74, 6) is 2.27. The van der Waals surface area contributed by atoms with Crippen LogP contribution in [0.3, 0.4) is 0 Å². The van der Waals surface area contributed by atoms with Crippen molar-refractivity contribution in [2.45, 2.75) is 45.4 Å². The first-order valence-corrected chi connectivity index (χ1v) is 5.55. The predicted molar refractivity (Wildman–Crippen MR) is 58.1 cm³/mol. The number of nitrogens with one attached hydrogen (secondary N) is 1. The van der Waals surface area contributed by atoms with Crippen molar-refractivity contribution in [1.82, 2.24) is 10.2 Å². The van der Waals surface area contributed by atoms with Crippen LogP contribution in [0, 0.1) is 5.92 Å². The van der Waals surface area contributed by atoms with Crippen molar-refractivity contribution in [2.24, 2.45) is 5.92 Å². The van der Waals surface area contributed by atoms with Crippen molar-refractivity contribution >= 4 is 5.82 Å². The molecule has 78 valence electrons. The second-order valence-corrected chi connectivity index (χ2v) is 4.52. The number of hydrogen-bond acceptors (Lipinski definition) is 2. The average molecular weight is 193 g/mol. The second kappa shape index (κ2) is 3.64. The van der Waals surface area contributed by atoms with E-state index < -0.39 is 0 Å². The molecule has 0 aromatic carbocycles. The van der Waals surface area contributed by atoms with Crippen LogP contribution < -0.4 is 5.73 Å². The Hall–Kier alpha value is -0.990. The van der Waals surface area contributed by atoms with Gasteiger partial charge in [0.25, 0.3) is 0 Å². The van der Waals surface area contributed by atoms with Gasteiger partial charge in [-0.25, -0.2) is 0 Å². The maximum atomic E-state index is 5.84. The van der Waals surface area contributed by atoms with Crippen molar-refractivity contribution in [3.63, 3.8) is 0 Å². The molecule has 0 radical (unpaired) electrons. The van der Waals surface area contributed by atoms with E-state index in [1.165, 1.54) is 24.1 Å². The van der Waals surface area contributed by atoms with Gasteiger partial charge in [0.05, 0.1) is 0 Å². The number of nitrogens with zero attached hydrogens (tertiary/aromatic N) is 1. The highest BCUT2D eigenvalue weighted by Crippen LogP contribution is 2.42. The molecule has 1 aromatic heterocycles. The van der Waals surface area contributed by atoms with Crippen molar-refractivity contribution in [3.8, 4) is 0 Å². The van der Waals surface area contributed by atoms with E-state index in [2.05, 4.69) is 24.0 Å². The van der Waals surface area contributed by atoms with Gasteiger partial charge >= 0.3 is 0 Å². The molecule has 3 N–H and O–H groups in total. The third kappa shape index (κ3) is 1.51. The molecule has 0 atom stereocenters. The van der Waals surface area contributed by atoms with Gasteiger partial charge in [0.1, 0.15) is 5.82 Å². The molecular formula is C11H19N3. The first-order valence-electron chi connectivity index (χ1n) is 5.55. The zero-order valence-corrected chi connectivity index (χ0v) is 9.01. The molecule has 1 heterocycles. The Balaban J connectivity index is 2.16. The monoisotopic (exact) mass is 193 g/mol. The van der Waals surface area contributed by atoms with Gasteiger partial charge in [0, 0.05) is 17.2 Å². The number of nitrogen functional groups attached to an aromatic ring is 1. The summed E-state index contributed by atoms with van der Waals surface area (Å²) >= 11 is 0. The minimum atomic E-state index is 0.691. The third-order valence-corrected chi connectivity index (χ3v) is 3.21. The lowest BCUT2D eigenvalue weighted by Gasteiger charge is -2.32. The average Bonchev–Trinajstić information content (AvgIpc) is 2.44. The van der Waals surface area contributed by atoms with Crippen molar-refractivity contribution in [2.75, 3.05) is 5.73 Å². The summed E-state index contributed by atoms with van der Waals surface area (Å²) < 4.78 is 0. The Morgan fingerprint density at radius 2 is 2.21 bits per heavy atom. The lowest BCUT2D eigenvalue weighted by atomic mass is 9.73. The van der Waals surface area contributed by atoms with Gasteiger partial charge < -0.3 is 5.73 Å². The van der Waals surface area contributed by atoms with Crippen LogP contribution >= 0.6 is 0 Å². The van der Waals surface area contributed by atoms with Crippen LogP contribution in [0.25, 0.3) is 0 Å². The van der Waals surface area contributed by atoms with Crippen LogP contribution in [0.2, 0.25) is 0 Å². The van der Waals surface area contributed by atoms with Gasteiger partial charge in [0.15, 0.2) is 0 Å². The second-order valence-electron chi connectivity index (χ2n) is 4.52. The van der Waals surface area contributed by atoms with Crippen molar-refractivity contribution in [1.29, 1.82) is 0 Å². The van der Waals surface area contributed by atoms with E-state index in [1.54, 1.807) is 0 Å². The quantitative estimate of drug-likeness (QED) is 0.774. The van der Waals surface area contributed by atoms with Gasteiger partial charge in [-0.1, -0.05) is 20.3 Å². The zero-order valence-electron chi connectivity index (χ0n) is 9.01. The first kappa shape index (κ1) is 9.56.